The highest BCUT2D eigenvalue weighted by molar-refractivity contribution is 7.09. The molecule has 6 heteroatoms. The van der Waals surface area contributed by atoms with Gasteiger partial charge in [-0.15, -0.1) is 11.3 Å². The Labute approximate surface area is 161 Å². The number of nitrogens with zero attached hydrogens (tertiary/aromatic N) is 2. The predicted molar refractivity (Wildman–Crippen MR) is 107 cm³/mol. The Hall–Kier alpha value is -0.530. The monoisotopic (exact) mass is 378 g/mol. The van der Waals surface area contributed by atoms with Gasteiger partial charge in [0.1, 0.15) is 0 Å². The highest BCUT2D eigenvalue weighted by Crippen LogP contribution is 2.30. The van der Waals surface area contributed by atoms with Gasteiger partial charge >= 0.3 is 0 Å². The molecule has 0 spiro atoms. The summed E-state index contributed by atoms with van der Waals surface area (Å²) in [5.74, 6) is 1.59. The fraction of sp³-hybridized carbons (Fsp3) is 0.850. The van der Waals surface area contributed by atoms with Gasteiger partial charge in [0.05, 0.1) is 23.9 Å². The van der Waals surface area contributed by atoms with Crippen LogP contribution in [0.5, 0.6) is 0 Å². The first-order chi connectivity index (χ1) is 12.8. The second-order valence-electron chi connectivity index (χ2n) is 8.32. The van der Waals surface area contributed by atoms with Crippen molar-refractivity contribution in [2.24, 2.45) is 11.8 Å². The van der Waals surface area contributed by atoms with Gasteiger partial charge in [0.15, 0.2) is 0 Å². The van der Waals surface area contributed by atoms with Crippen molar-refractivity contribution in [1.29, 1.82) is 0 Å². The first kappa shape index (κ1) is 18.8. The molecule has 1 aromatic rings. The maximum Gasteiger partial charge on any atom is 0.0897 e. The van der Waals surface area contributed by atoms with E-state index in [1.54, 1.807) is 11.3 Å². The van der Waals surface area contributed by atoms with Crippen molar-refractivity contribution in [1.82, 2.24) is 20.5 Å². The summed E-state index contributed by atoms with van der Waals surface area (Å²) in [4.78, 5) is 7.19. The zero-order valence-corrected chi connectivity index (χ0v) is 16.9. The van der Waals surface area contributed by atoms with E-state index in [0.717, 1.165) is 38.1 Å². The molecule has 2 aliphatic heterocycles. The number of thiazole rings is 1. The van der Waals surface area contributed by atoms with Crippen LogP contribution in [0, 0.1) is 18.8 Å². The summed E-state index contributed by atoms with van der Waals surface area (Å²) in [5, 5.41) is 11.0. The summed E-state index contributed by atoms with van der Waals surface area (Å²) in [7, 11) is 0. The minimum atomic E-state index is 0.562. The van der Waals surface area contributed by atoms with E-state index in [0.29, 0.717) is 12.1 Å². The average molecular weight is 379 g/mol. The number of ether oxygens (including phenoxy) is 1. The summed E-state index contributed by atoms with van der Waals surface area (Å²) >= 11 is 1.77. The Morgan fingerprint density at radius 1 is 1.31 bits per heavy atom. The van der Waals surface area contributed by atoms with Crippen molar-refractivity contribution in [2.75, 3.05) is 39.4 Å². The topological polar surface area (TPSA) is 49.4 Å². The highest BCUT2D eigenvalue weighted by Gasteiger charge is 2.34. The number of hydrogen-bond donors (Lipinski definition) is 2. The molecule has 3 fully saturated rings. The van der Waals surface area contributed by atoms with Gasteiger partial charge in [-0.2, -0.15) is 0 Å². The van der Waals surface area contributed by atoms with Gasteiger partial charge in [-0.05, 0) is 64.1 Å². The lowest BCUT2D eigenvalue weighted by molar-refractivity contribution is 0.0519. The lowest BCUT2D eigenvalue weighted by Gasteiger charge is -2.35. The van der Waals surface area contributed by atoms with E-state index in [1.165, 1.54) is 62.4 Å². The van der Waals surface area contributed by atoms with Crippen molar-refractivity contribution in [3.63, 3.8) is 0 Å². The van der Waals surface area contributed by atoms with Crippen LogP contribution in [-0.4, -0.2) is 61.4 Å². The van der Waals surface area contributed by atoms with Crippen LogP contribution in [0.1, 0.15) is 42.8 Å². The van der Waals surface area contributed by atoms with Crippen LogP contribution in [-0.2, 0) is 11.3 Å². The van der Waals surface area contributed by atoms with Crippen molar-refractivity contribution in [3.8, 4) is 0 Å². The molecule has 26 heavy (non-hydrogen) atoms. The van der Waals surface area contributed by atoms with Crippen LogP contribution in [0.15, 0.2) is 5.38 Å². The van der Waals surface area contributed by atoms with E-state index in [9.17, 15) is 0 Å². The largest absolute Gasteiger partial charge is 0.379 e. The molecular weight excluding hydrogens is 344 g/mol. The molecule has 0 aromatic carbocycles. The zero-order valence-electron chi connectivity index (χ0n) is 16.1. The molecule has 146 valence electrons. The van der Waals surface area contributed by atoms with Crippen LogP contribution in [0.2, 0.25) is 0 Å². The van der Waals surface area contributed by atoms with E-state index >= 15 is 0 Å². The van der Waals surface area contributed by atoms with Crippen LogP contribution in [0.25, 0.3) is 0 Å². The Bertz CT molecular complexity index is 552. The van der Waals surface area contributed by atoms with E-state index in [-0.39, 0.29) is 0 Å². The van der Waals surface area contributed by atoms with Crippen molar-refractivity contribution in [3.05, 3.63) is 16.1 Å². The average Bonchev–Trinajstić information content (AvgIpc) is 3.31. The zero-order chi connectivity index (χ0) is 17.8. The summed E-state index contributed by atoms with van der Waals surface area (Å²) < 4.78 is 5.70. The molecule has 0 amide bonds. The van der Waals surface area contributed by atoms with Gasteiger partial charge in [-0.3, -0.25) is 4.90 Å². The van der Waals surface area contributed by atoms with Crippen LogP contribution >= 0.6 is 11.3 Å². The van der Waals surface area contributed by atoms with Gasteiger partial charge in [0.25, 0.3) is 0 Å². The second-order valence-corrected chi connectivity index (χ2v) is 9.38. The van der Waals surface area contributed by atoms with Crippen molar-refractivity contribution in [2.45, 2.75) is 57.7 Å². The number of morpholine rings is 1. The molecule has 2 N–H and O–H groups in total. The van der Waals surface area contributed by atoms with E-state index in [2.05, 4.69) is 32.8 Å². The molecule has 0 radical (unpaired) electrons. The van der Waals surface area contributed by atoms with Crippen molar-refractivity contribution >= 4 is 11.3 Å². The fourth-order valence-electron chi connectivity index (χ4n) is 4.96. The molecular formula is C20H34N4OS. The number of likely N-dealkylation sites (tertiary alicyclic amines) is 1. The first-order valence-electron chi connectivity index (χ1n) is 10.5. The predicted octanol–water partition coefficient (Wildman–Crippen LogP) is 2.41. The van der Waals surface area contributed by atoms with E-state index < -0.39 is 0 Å². The second kappa shape index (κ2) is 9.11. The van der Waals surface area contributed by atoms with Gasteiger partial charge in [0.2, 0.25) is 0 Å². The third-order valence-corrected chi connectivity index (χ3v) is 7.29. The van der Waals surface area contributed by atoms with E-state index in [1.807, 2.05) is 0 Å². The maximum absolute atomic E-state index is 5.70. The third kappa shape index (κ3) is 4.84. The molecule has 3 atom stereocenters. The summed E-state index contributed by atoms with van der Waals surface area (Å²) in [6.07, 6.45) is 6.69. The first-order valence-corrected chi connectivity index (χ1v) is 11.3. The number of nitrogens with one attached hydrogen (secondary N) is 2. The summed E-state index contributed by atoms with van der Waals surface area (Å²) in [6, 6.07) is 1.25. The molecule has 1 aromatic heterocycles. The highest BCUT2D eigenvalue weighted by atomic mass is 32.1. The molecule has 3 unspecified atom stereocenters. The van der Waals surface area contributed by atoms with Gasteiger partial charge in [-0.25, -0.2) is 4.98 Å². The van der Waals surface area contributed by atoms with Crippen LogP contribution < -0.4 is 10.6 Å². The minimum Gasteiger partial charge on any atom is -0.379 e. The fourth-order valence-corrected chi connectivity index (χ4v) is 5.56. The van der Waals surface area contributed by atoms with Gasteiger partial charge in [0, 0.05) is 30.6 Å². The number of rotatable bonds is 6. The Kier molecular flexibility index (Phi) is 6.59. The third-order valence-electron chi connectivity index (χ3n) is 6.46. The Balaban J connectivity index is 1.18. The number of aromatic nitrogens is 1. The SMILES string of the molecule is Cc1nc(CN2CCC(CNC3CCCC3C3COCCN3)CC2)cs1. The molecule has 2 saturated heterocycles. The minimum absolute atomic E-state index is 0.562. The molecule has 3 aliphatic rings. The molecule has 5 nitrogen and oxygen atoms in total. The van der Waals surface area contributed by atoms with Crippen LogP contribution in [0.4, 0.5) is 0 Å². The maximum atomic E-state index is 5.70. The summed E-state index contributed by atoms with van der Waals surface area (Å²) in [5.41, 5.74) is 1.25. The lowest BCUT2D eigenvalue weighted by atomic mass is 9.92. The molecule has 3 heterocycles. The standard InChI is InChI=1S/C20H34N4OS/c1-15-23-17(14-26-15)12-24-8-5-16(6-9-24)11-22-19-4-2-3-18(19)20-13-25-10-7-21-20/h14,16,18-22H,2-13H2,1H3. The molecule has 1 aliphatic carbocycles. The number of piperidine rings is 1. The smallest absolute Gasteiger partial charge is 0.0897 e. The van der Waals surface area contributed by atoms with Crippen molar-refractivity contribution < 1.29 is 4.74 Å². The molecule has 4 rings (SSSR count). The normalized spacial score (nSPS) is 31.5. The number of aryl methyl sites for hydroxylation is 1. The Morgan fingerprint density at radius 2 is 2.19 bits per heavy atom. The van der Waals surface area contributed by atoms with Crippen LogP contribution in [0.3, 0.4) is 0 Å². The summed E-state index contributed by atoms with van der Waals surface area (Å²) in [6.45, 7) is 9.55. The Morgan fingerprint density at radius 3 is 2.92 bits per heavy atom. The molecule has 1 saturated carbocycles. The quantitative estimate of drug-likeness (QED) is 0.796. The number of hydrogen-bond acceptors (Lipinski definition) is 6. The van der Waals surface area contributed by atoms with E-state index in [4.69, 9.17) is 4.74 Å². The molecule has 0 bridgehead atoms. The van der Waals surface area contributed by atoms with Gasteiger partial charge < -0.3 is 15.4 Å². The lowest BCUT2D eigenvalue weighted by Crippen LogP contribution is -2.51. The van der Waals surface area contributed by atoms with Gasteiger partial charge in [-0.1, -0.05) is 6.42 Å².